The number of amides is 1. The summed E-state index contributed by atoms with van der Waals surface area (Å²) >= 11 is 0. The first-order valence-corrected chi connectivity index (χ1v) is 12.4. The fourth-order valence-electron chi connectivity index (χ4n) is 3.93. The predicted molar refractivity (Wildman–Crippen MR) is 121 cm³/mol. The second-order valence-electron chi connectivity index (χ2n) is 8.14. The van der Waals surface area contributed by atoms with Crippen LogP contribution in [0.1, 0.15) is 43.2 Å². The number of piperidine rings is 1. The minimum atomic E-state index is -3.26. The Kier molecular flexibility index (Phi) is 8.05. The van der Waals surface area contributed by atoms with Crippen LogP contribution in [0.25, 0.3) is 0 Å². The van der Waals surface area contributed by atoms with Crippen molar-refractivity contribution in [2.45, 2.75) is 38.5 Å². The third-order valence-electron chi connectivity index (χ3n) is 5.88. The SMILES string of the molecule is CC(CNC(=O)C1CCN(S(=O)(=O)CCCc2ccccc2)CC1)c1ccccc1. The van der Waals surface area contributed by atoms with E-state index in [9.17, 15) is 13.2 Å². The molecule has 0 aromatic heterocycles. The molecule has 2 aromatic rings. The Morgan fingerprint density at radius 1 is 1.03 bits per heavy atom. The quantitative estimate of drug-likeness (QED) is 0.664. The lowest BCUT2D eigenvalue weighted by Crippen LogP contribution is -2.44. The molecule has 1 aliphatic heterocycles. The first kappa shape index (κ1) is 22.5. The van der Waals surface area contributed by atoms with Gasteiger partial charge in [0.05, 0.1) is 5.75 Å². The van der Waals surface area contributed by atoms with Gasteiger partial charge in [0.2, 0.25) is 15.9 Å². The molecule has 1 heterocycles. The van der Waals surface area contributed by atoms with Crippen LogP contribution in [0.2, 0.25) is 0 Å². The molecule has 1 unspecified atom stereocenters. The number of nitrogens with one attached hydrogen (secondary N) is 1. The van der Waals surface area contributed by atoms with Crippen LogP contribution in [0, 0.1) is 5.92 Å². The van der Waals surface area contributed by atoms with E-state index < -0.39 is 10.0 Å². The van der Waals surface area contributed by atoms with Crippen molar-refractivity contribution in [1.29, 1.82) is 0 Å². The lowest BCUT2D eigenvalue weighted by molar-refractivity contribution is -0.126. The maximum atomic E-state index is 12.6. The second kappa shape index (κ2) is 10.7. The molecular formula is C24H32N2O3S. The first-order chi connectivity index (χ1) is 14.5. The minimum Gasteiger partial charge on any atom is -0.355 e. The van der Waals surface area contributed by atoms with Gasteiger partial charge in [0.25, 0.3) is 0 Å². The lowest BCUT2D eigenvalue weighted by Gasteiger charge is -2.30. The maximum absolute atomic E-state index is 12.6. The zero-order valence-electron chi connectivity index (χ0n) is 17.7. The Hall–Kier alpha value is -2.18. The van der Waals surface area contributed by atoms with E-state index in [0.29, 0.717) is 38.9 Å². The summed E-state index contributed by atoms with van der Waals surface area (Å²) in [7, 11) is -3.26. The molecule has 1 saturated heterocycles. The highest BCUT2D eigenvalue weighted by atomic mass is 32.2. The van der Waals surface area contributed by atoms with E-state index in [2.05, 4.69) is 24.4 Å². The number of carbonyl (C=O) groups excluding carboxylic acids is 1. The highest BCUT2D eigenvalue weighted by molar-refractivity contribution is 7.89. The third kappa shape index (κ3) is 6.41. The minimum absolute atomic E-state index is 0.0407. The summed E-state index contributed by atoms with van der Waals surface area (Å²) in [6, 6.07) is 20.1. The zero-order chi connectivity index (χ0) is 21.4. The van der Waals surface area contributed by atoms with Gasteiger partial charge in [-0.15, -0.1) is 0 Å². The summed E-state index contributed by atoms with van der Waals surface area (Å²) in [5.41, 5.74) is 2.36. The molecule has 162 valence electrons. The Bertz CT molecular complexity index is 893. The van der Waals surface area contributed by atoms with Crippen molar-refractivity contribution in [1.82, 2.24) is 9.62 Å². The van der Waals surface area contributed by atoms with Crippen LogP contribution in [0.3, 0.4) is 0 Å². The topological polar surface area (TPSA) is 66.5 Å². The number of benzene rings is 2. The molecule has 1 amide bonds. The second-order valence-corrected chi connectivity index (χ2v) is 10.2. The molecular weight excluding hydrogens is 396 g/mol. The van der Waals surface area contributed by atoms with Crippen molar-refractivity contribution in [3.05, 3.63) is 71.8 Å². The van der Waals surface area contributed by atoms with Crippen molar-refractivity contribution in [2.75, 3.05) is 25.4 Å². The van der Waals surface area contributed by atoms with Crippen LogP contribution in [0.5, 0.6) is 0 Å². The molecule has 5 nitrogen and oxygen atoms in total. The van der Waals surface area contributed by atoms with E-state index in [0.717, 1.165) is 12.0 Å². The molecule has 6 heteroatoms. The van der Waals surface area contributed by atoms with E-state index >= 15 is 0 Å². The molecule has 0 saturated carbocycles. The van der Waals surface area contributed by atoms with Gasteiger partial charge in [0, 0.05) is 25.6 Å². The van der Waals surface area contributed by atoms with Gasteiger partial charge in [-0.1, -0.05) is 67.6 Å². The average molecular weight is 429 g/mol. The van der Waals surface area contributed by atoms with Crippen LogP contribution in [-0.2, 0) is 21.2 Å². The Morgan fingerprint density at radius 2 is 1.63 bits per heavy atom. The molecule has 30 heavy (non-hydrogen) atoms. The van der Waals surface area contributed by atoms with Gasteiger partial charge in [0.1, 0.15) is 0 Å². The summed E-state index contributed by atoms with van der Waals surface area (Å²) in [5, 5.41) is 3.05. The van der Waals surface area contributed by atoms with Crippen LogP contribution in [-0.4, -0.2) is 44.0 Å². The number of nitrogens with zero attached hydrogens (tertiary/aromatic N) is 1. The summed E-state index contributed by atoms with van der Waals surface area (Å²) in [6.07, 6.45) is 2.55. The van der Waals surface area contributed by atoms with Crippen molar-refractivity contribution < 1.29 is 13.2 Å². The highest BCUT2D eigenvalue weighted by Gasteiger charge is 2.30. The largest absolute Gasteiger partial charge is 0.355 e. The van der Waals surface area contributed by atoms with Gasteiger partial charge in [-0.05, 0) is 42.7 Å². The highest BCUT2D eigenvalue weighted by Crippen LogP contribution is 2.21. The van der Waals surface area contributed by atoms with Crippen LogP contribution < -0.4 is 5.32 Å². The summed E-state index contributed by atoms with van der Waals surface area (Å²) in [4.78, 5) is 12.5. The smallest absolute Gasteiger partial charge is 0.223 e. The van der Waals surface area contributed by atoms with E-state index in [1.165, 1.54) is 5.56 Å². The molecule has 0 aliphatic carbocycles. The zero-order valence-corrected chi connectivity index (χ0v) is 18.5. The number of sulfonamides is 1. The van der Waals surface area contributed by atoms with E-state index in [1.54, 1.807) is 4.31 Å². The van der Waals surface area contributed by atoms with Crippen molar-refractivity contribution in [3.8, 4) is 0 Å². The summed E-state index contributed by atoms with van der Waals surface area (Å²) < 4.78 is 26.9. The van der Waals surface area contributed by atoms with Gasteiger partial charge in [-0.25, -0.2) is 12.7 Å². The normalized spacial score (nSPS) is 16.8. The molecule has 1 fully saturated rings. The fourth-order valence-corrected chi connectivity index (χ4v) is 5.46. The lowest BCUT2D eigenvalue weighted by atomic mass is 9.96. The molecule has 1 aliphatic rings. The molecule has 0 spiro atoms. The molecule has 0 bridgehead atoms. The number of rotatable bonds is 9. The van der Waals surface area contributed by atoms with Crippen molar-refractivity contribution in [3.63, 3.8) is 0 Å². The molecule has 0 radical (unpaired) electrons. The molecule has 2 aromatic carbocycles. The van der Waals surface area contributed by atoms with Crippen molar-refractivity contribution in [2.24, 2.45) is 5.92 Å². The molecule has 1 N–H and O–H groups in total. The van der Waals surface area contributed by atoms with Gasteiger partial charge < -0.3 is 5.32 Å². The number of hydrogen-bond donors (Lipinski definition) is 1. The van der Waals surface area contributed by atoms with E-state index in [1.807, 2.05) is 48.5 Å². The van der Waals surface area contributed by atoms with Gasteiger partial charge >= 0.3 is 0 Å². The Morgan fingerprint density at radius 3 is 2.27 bits per heavy atom. The molecule has 3 rings (SSSR count). The third-order valence-corrected chi connectivity index (χ3v) is 7.84. The van der Waals surface area contributed by atoms with E-state index in [-0.39, 0.29) is 23.5 Å². The summed E-state index contributed by atoms with van der Waals surface area (Å²) in [6.45, 7) is 3.56. The van der Waals surface area contributed by atoms with Crippen LogP contribution in [0.4, 0.5) is 0 Å². The van der Waals surface area contributed by atoms with Crippen LogP contribution in [0.15, 0.2) is 60.7 Å². The van der Waals surface area contributed by atoms with Gasteiger partial charge in [0.15, 0.2) is 0 Å². The number of carbonyl (C=O) groups is 1. The summed E-state index contributed by atoms with van der Waals surface area (Å²) in [5.74, 6) is 0.343. The number of aryl methyl sites for hydroxylation is 1. The Labute approximate surface area is 180 Å². The van der Waals surface area contributed by atoms with Gasteiger partial charge in [-0.2, -0.15) is 0 Å². The Balaban J connectivity index is 1.40. The average Bonchev–Trinajstić information content (AvgIpc) is 2.78. The molecule has 1 atom stereocenters. The monoisotopic (exact) mass is 428 g/mol. The van der Waals surface area contributed by atoms with Gasteiger partial charge in [-0.3, -0.25) is 4.79 Å². The fraction of sp³-hybridized carbons (Fsp3) is 0.458. The predicted octanol–water partition coefficient (Wildman–Crippen LogP) is 3.58. The van der Waals surface area contributed by atoms with Crippen molar-refractivity contribution >= 4 is 15.9 Å². The van der Waals surface area contributed by atoms with E-state index in [4.69, 9.17) is 0 Å². The van der Waals surface area contributed by atoms with Crippen LogP contribution >= 0.6 is 0 Å². The number of hydrogen-bond acceptors (Lipinski definition) is 3. The maximum Gasteiger partial charge on any atom is 0.223 e. The standard InChI is InChI=1S/C24H32N2O3S/c1-20(22-12-6-3-7-13-22)19-25-24(27)23-14-16-26(17-15-23)30(28,29)18-8-11-21-9-4-2-5-10-21/h2-7,9-10,12-13,20,23H,8,11,14-19H2,1H3,(H,25,27). The first-order valence-electron chi connectivity index (χ1n) is 10.8.